The van der Waals surface area contributed by atoms with Crippen LogP contribution in [0.15, 0.2) is 99.4 Å². The number of ether oxygens (including phenoxy) is 1. The van der Waals surface area contributed by atoms with E-state index in [1.54, 1.807) is 12.1 Å². The molecular weight excluding hydrogens is 590 g/mol. The topological polar surface area (TPSA) is 96.9 Å². The molecule has 2 N–H and O–H groups in total. The van der Waals surface area contributed by atoms with Gasteiger partial charge < -0.3 is 4.74 Å². The monoisotopic (exact) mass is 621 g/mol. The summed E-state index contributed by atoms with van der Waals surface area (Å²) in [7, 11) is -3.89. The van der Waals surface area contributed by atoms with Gasteiger partial charge in [0.15, 0.2) is 0 Å². The summed E-state index contributed by atoms with van der Waals surface area (Å²) in [6, 6.07) is 25.2. The smallest absolute Gasteiger partial charge is 0.258 e. The molecule has 1 atom stereocenters. The molecule has 0 aliphatic heterocycles. The van der Waals surface area contributed by atoms with E-state index in [9.17, 15) is 13.2 Å². The van der Waals surface area contributed by atoms with E-state index in [1.165, 1.54) is 18.3 Å². The number of carbonyl (C=O) groups is 1. The molecule has 4 aromatic rings. The zero-order valence-corrected chi connectivity index (χ0v) is 25.0. The second-order valence-electron chi connectivity index (χ2n) is 9.96. The number of carbonyl (C=O) groups excluding carboxylic acids is 1. The van der Waals surface area contributed by atoms with E-state index >= 15 is 0 Å². The first-order chi connectivity index (χ1) is 19.1. The molecule has 0 heterocycles. The summed E-state index contributed by atoms with van der Waals surface area (Å²) < 4.78 is 35.4. The lowest BCUT2D eigenvalue weighted by atomic mass is 10.0. The molecule has 40 heavy (non-hydrogen) atoms. The zero-order valence-electron chi connectivity index (χ0n) is 22.6. The highest BCUT2D eigenvalue weighted by atomic mass is 79.9. The van der Waals surface area contributed by atoms with Crippen LogP contribution >= 0.6 is 15.9 Å². The van der Waals surface area contributed by atoms with E-state index in [0.717, 1.165) is 26.4 Å². The lowest BCUT2D eigenvalue weighted by Crippen LogP contribution is -2.46. The molecule has 0 aliphatic carbocycles. The number of hydrogen-bond acceptors (Lipinski definition) is 5. The van der Waals surface area contributed by atoms with Gasteiger partial charge in [-0.05, 0) is 65.9 Å². The van der Waals surface area contributed by atoms with Crippen LogP contribution in [0.5, 0.6) is 5.75 Å². The lowest BCUT2D eigenvalue weighted by molar-refractivity contribution is -0.123. The van der Waals surface area contributed by atoms with E-state index in [-0.39, 0.29) is 10.8 Å². The molecule has 4 rings (SSSR count). The minimum absolute atomic E-state index is 0.0691. The van der Waals surface area contributed by atoms with Gasteiger partial charge in [0.2, 0.25) is 10.0 Å². The predicted molar refractivity (Wildman–Crippen MR) is 163 cm³/mol. The first-order valence-electron chi connectivity index (χ1n) is 12.9. The molecule has 0 bridgehead atoms. The molecule has 0 aromatic heterocycles. The standard InChI is InChI=1S/C31H32BrN3O4S/c1-21(2)17-29(35-40(37,38)27-14-11-22(3)12-15-27)31(36)34-33-19-25-18-26(32)13-16-30(25)39-20-24-9-6-8-23-7-4-5-10-28(23)24/h4-16,18-19,21,29,35H,17,20H2,1-3H3,(H,34,36)/b33-19-/t29-/m0/s1. The molecular formula is C31H32BrN3O4S. The maximum atomic E-state index is 13.0. The zero-order chi connectivity index (χ0) is 28.7. The molecule has 0 radical (unpaired) electrons. The number of sulfonamides is 1. The van der Waals surface area contributed by atoms with Crippen molar-refractivity contribution in [3.05, 3.63) is 106 Å². The average molecular weight is 623 g/mol. The Morgan fingerprint density at radius 2 is 1.73 bits per heavy atom. The minimum Gasteiger partial charge on any atom is -0.488 e. The summed E-state index contributed by atoms with van der Waals surface area (Å²) in [6.45, 7) is 6.07. The van der Waals surface area contributed by atoms with Gasteiger partial charge in [0.05, 0.1) is 11.1 Å². The molecule has 9 heteroatoms. The number of benzene rings is 4. The highest BCUT2D eigenvalue weighted by Gasteiger charge is 2.26. The molecule has 4 aromatic carbocycles. The van der Waals surface area contributed by atoms with Crippen LogP contribution in [0.1, 0.15) is 37.0 Å². The van der Waals surface area contributed by atoms with Gasteiger partial charge in [0.1, 0.15) is 18.4 Å². The molecule has 0 saturated carbocycles. The van der Waals surface area contributed by atoms with Crippen molar-refractivity contribution in [1.29, 1.82) is 0 Å². The average Bonchev–Trinajstić information content (AvgIpc) is 2.92. The molecule has 0 unspecified atom stereocenters. The largest absolute Gasteiger partial charge is 0.488 e. The third kappa shape index (κ3) is 7.78. The second-order valence-corrected chi connectivity index (χ2v) is 12.6. The number of hydrazone groups is 1. The molecule has 0 spiro atoms. The van der Waals surface area contributed by atoms with Crippen LogP contribution in [0.2, 0.25) is 0 Å². The van der Waals surface area contributed by atoms with Crippen LogP contribution in [0, 0.1) is 12.8 Å². The first kappa shape index (κ1) is 29.5. The highest BCUT2D eigenvalue weighted by Crippen LogP contribution is 2.25. The van der Waals surface area contributed by atoms with Crippen molar-refractivity contribution in [2.24, 2.45) is 11.0 Å². The molecule has 0 fully saturated rings. The molecule has 7 nitrogen and oxygen atoms in total. The molecule has 208 valence electrons. The Labute approximate surface area is 243 Å². The fourth-order valence-electron chi connectivity index (χ4n) is 4.22. The summed E-state index contributed by atoms with van der Waals surface area (Å²) in [6.07, 6.45) is 1.80. The van der Waals surface area contributed by atoms with Gasteiger partial charge in [-0.1, -0.05) is 89.9 Å². The van der Waals surface area contributed by atoms with Crippen molar-refractivity contribution in [2.45, 2.75) is 44.7 Å². The normalized spacial score (nSPS) is 12.6. The first-order valence-corrected chi connectivity index (χ1v) is 15.2. The summed E-state index contributed by atoms with van der Waals surface area (Å²) in [5.41, 5.74) is 5.14. The van der Waals surface area contributed by atoms with Crippen molar-refractivity contribution in [3.63, 3.8) is 0 Å². The fourth-order valence-corrected chi connectivity index (χ4v) is 5.81. The van der Waals surface area contributed by atoms with E-state index in [2.05, 4.69) is 49.4 Å². The van der Waals surface area contributed by atoms with E-state index in [4.69, 9.17) is 4.74 Å². The minimum atomic E-state index is -3.89. The van der Waals surface area contributed by atoms with Crippen molar-refractivity contribution >= 4 is 48.8 Å². The van der Waals surface area contributed by atoms with Gasteiger partial charge in [-0.3, -0.25) is 4.79 Å². The van der Waals surface area contributed by atoms with Gasteiger partial charge in [-0.15, -0.1) is 0 Å². The van der Waals surface area contributed by atoms with Crippen LogP contribution in [0.4, 0.5) is 0 Å². The third-order valence-electron chi connectivity index (χ3n) is 6.27. The summed E-state index contributed by atoms with van der Waals surface area (Å²) >= 11 is 3.47. The summed E-state index contributed by atoms with van der Waals surface area (Å²) in [5, 5.41) is 6.39. The predicted octanol–water partition coefficient (Wildman–Crippen LogP) is 6.33. The van der Waals surface area contributed by atoms with Crippen LogP contribution in [0.3, 0.4) is 0 Å². The maximum absolute atomic E-state index is 13.0. The number of nitrogens with one attached hydrogen (secondary N) is 2. The second kappa shape index (κ2) is 13.2. The number of halogens is 1. The molecule has 0 saturated heterocycles. The highest BCUT2D eigenvalue weighted by molar-refractivity contribution is 9.10. The summed E-state index contributed by atoms with van der Waals surface area (Å²) in [4.78, 5) is 13.1. The SMILES string of the molecule is Cc1ccc(S(=O)(=O)N[C@@H](CC(C)C)C(=O)N/N=C\c2cc(Br)ccc2OCc2cccc3ccccc23)cc1. The molecule has 0 aliphatic rings. The van der Waals surface area contributed by atoms with Crippen LogP contribution in [-0.2, 0) is 21.4 Å². The van der Waals surface area contributed by atoms with Crippen LogP contribution < -0.4 is 14.9 Å². The van der Waals surface area contributed by atoms with E-state index in [1.807, 2.05) is 63.2 Å². The fraction of sp³-hybridized carbons (Fsp3) is 0.226. The van der Waals surface area contributed by atoms with Crippen molar-refractivity contribution in [1.82, 2.24) is 10.1 Å². The Bertz CT molecular complexity index is 1610. The Kier molecular flexibility index (Phi) is 9.73. The van der Waals surface area contributed by atoms with E-state index < -0.39 is 22.0 Å². The number of hydrogen-bond donors (Lipinski definition) is 2. The quantitative estimate of drug-likeness (QED) is 0.151. The third-order valence-corrected chi connectivity index (χ3v) is 8.25. The lowest BCUT2D eigenvalue weighted by Gasteiger charge is -2.19. The summed E-state index contributed by atoms with van der Waals surface area (Å²) in [5.74, 6) is 0.112. The molecule has 1 amide bonds. The number of fused-ring (bicyclic) bond motifs is 1. The van der Waals surface area contributed by atoms with Crippen LogP contribution in [0.25, 0.3) is 10.8 Å². The van der Waals surface area contributed by atoms with Gasteiger partial charge in [0, 0.05) is 10.0 Å². The van der Waals surface area contributed by atoms with Crippen molar-refractivity contribution in [2.75, 3.05) is 0 Å². The number of nitrogens with zero attached hydrogens (tertiary/aromatic N) is 1. The Hall–Kier alpha value is -3.53. The van der Waals surface area contributed by atoms with Crippen molar-refractivity contribution < 1.29 is 17.9 Å². The van der Waals surface area contributed by atoms with Gasteiger partial charge in [-0.25, -0.2) is 13.8 Å². The van der Waals surface area contributed by atoms with E-state index in [0.29, 0.717) is 24.3 Å². The number of aryl methyl sites for hydroxylation is 1. The maximum Gasteiger partial charge on any atom is 0.258 e. The number of amides is 1. The Balaban J connectivity index is 1.47. The Morgan fingerprint density at radius 1 is 1.00 bits per heavy atom. The van der Waals surface area contributed by atoms with Crippen LogP contribution in [-0.4, -0.2) is 26.6 Å². The van der Waals surface area contributed by atoms with Crippen molar-refractivity contribution in [3.8, 4) is 5.75 Å². The number of rotatable bonds is 11. The van der Waals surface area contributed by atoms with Gasteiger partial charge in [0.25, 0.3) is 5.91 Å². The Morgan fingerprint density at radius 3 is 2.48 bits per heavy atom. The van der Waals surface area contributed by atoms with Gasteiger partial charge >= 0.3 is 0 Å². The van der Waals surface area contributed by atoms with Gasteiger partial charge in [-0.2, -0.15) is 9.82 Å².